The van der Waals surface area contributed by atoms with Crippen molar-refractivity contribution in [3.8, 4) is 0 Å². The Morgan fingerprint density at radius 3 is 2.43 bits per heavy atom. The van der Waals surface area contributed by atoms with Gasteiger partial charge in [0.1, 0.15) is 23.4 Å². The number of nitrogen functional groups attached to an aromatic ring is 1. The van der Waals surface area contributed by atoms with Crippen LogP contribution in [0.25, 0.3) is 6.08 Å². The van der Waals surface area contributed by atoms with E-state index in [9.17, 15) is 14.4 Å². The highest BCUT2D eigenvalue weighted by Gasteiger charge is 2.57. The number of nitrogens with two attached hydrogens (primary N) is 1. The predicted octanol–water partition coefficient (Wildman–Crippen LogP) is 3.69. The van der Waals surface area contributed by atoms with Crippen molar-refractivity contribution >= 4 is 58.0 Å². The molecule has 0 saturated carbocycles. The van der Waals surface area contributed by atoms with Crippen LogP contribution in [0.2, 0.25) is 0 Å². The van der Waals surface area contributed by atoms with E-state index >= 15 is 0 Å². The van der Waals surface area contributed by atoms with E-state index in [0.717, 1.165) is 22.7 Å². The van der Waals surface area contributed by atoms with Gasteiger partial charge in [-0.2, -0.15) is 9.36 Å². The van der Waals surface area contributed by atoms with Crippen LogP contribution in [0.1, 0.15) is 35.7 Å². The Hall–Kier alpha value is -5.08. The standard InChI is InChI=1S/C33H31N7O5S2/c1-2-44-38-24(27-37-32(34)47-39-27)28(41)36-25-29(42)40-19-33(20-46-30(25)40,17-16-23-15-9-10-18-35-23)31(43)45-26(21-11-5-3-6-12-21)22-13-7-4-8-14-22/h3-18,25-26,30H,2,19-20H2,1H3,(H,36,41)(H2,34,37,39)/t25?,30-,33?/m1/s1. The van der Waals surface area contributed by atoms with E-state index in [-0.39, 0.29) is 41.5 Å². The zero-order valence-corrected chi connectivity index (χ0v) is 26.9. The average molecular weight is 670 g/mol. The Morgan fingerprint density at radius 2 is 1.81 bits per heavy atom. The van der Waals surface area contributed by atoms with Gasteiger partial charge in [-0.3, -0.25) is 19.4 Å². The van der Waals surface area contributed by atoms with Crippen LogP contribution in [0, 0.1) is 5.41 Å². The summed E-state index contributed by atoms with van der Waals surface area (Å²) in [6, 6.07) is 23.7. The van der Waals surface area contributed by atoms with Crippen molar-refractivity contribution in [2.45, 2.75) is 24.4 Å². The lowest BCUT2D eigenvalue weighted by Crippen LogP contribution is -2.74. The van der Waals surface area contributed by atoms with Gasteiger partial charge in [0, 0.05) is 30.0 Å². The summed E-state index contributed by atoms with van der Waals surface area (Å²) in [6.07, 6.45) is 4.55. The van der Waals surface area contributed by atoms with E-state index in [1.807, 2.05) is 78.9 Å². The summed E-state index contributed by atoms with van der Waals surface area (Å²) >= 11 is 2.30. The summed E-state index contributed by atoms with van der Waals surface area (Å²) in [5.41, 5.74) is 6.62. The number of hydrogen-bond donors (Lipinski definition) is 2. The fourth-order valence-electron chi connectivity index (χ4n) is 5.27. The molecule has 4 aromatic rings. The van der Waals surface area contributed by atoms with E-state index in [2.05, 4.69) is 24.8 Å². The number of nitrogens with zero attached hydrogens (tertiary/aromatic N) is 5. The minimum Gasteiger partial charge on any atom is -0.452 e. The Morgan fingerprint density at radius 1 is 1.11 bits per heavy atom. The Labute approximate surface area is 279 Å². The summed E-state index contributed by atoms with van der Waals surface area (Å²) in [6.45, 7) is 1.98. The number of pyridine rings is 1. The van der Waals surface area contributed by atoms with Gasteiger partial charge in [0.25, 0.3) is 5.91 Å². The van der Waals surface area contributed by atoms with E-state index in [4.69, 9.17) is 15.3 Å². The van der Waals surface area contributed by atoms with Gasteiger partial charge in [0.05, 0.1) is 5.69 Å². The van der Waals surface area contributed by atoms with Crippen LogP contribution >= 0.6 is 23.3 Å². The quantitative estimate of drug-likeness (QED) is 0.104. The minimum atomic E-state index is -1.20. The number of benzene rings is 2. The van der Waals surface area contributed by atoms with E-state index in [1.165, 1.54) is 11.8 Å². The number of rotatable bonds is 11. The van der Waals surface area contributed by atoms with Crippen LogP contribution in [0.15, 0.2) is 96.3 Å². The zero-order chi connectivity index (χ0) is 32.8. The highest BCUT2D eigenvalue weighted by Crippen LogP contribution is 2.45. The first-order valence-electron chi connectivity index (χ1n) is 14.8. The van der Waals surface area contributed by atoms with Crippen LogP contribution in [-0.4, -0.2) is 73.1 Å². The van der Waals surface area contributed by atoms with E-state index < -0.39 is 34.8 Å². The van der Waals surface area contributed by atoms with Crippen LogP contribution in [0.4, 0.5) is 5.13 Å². The molecule has 2 amide bonds. The molecule has 14 heteroatoms. The molecule has 0 radical (unpaired) electrons. The van der Waals surface area contributed by atoms with Crippen LogP contribution < -0.4 is 11.1 Å². The Balaban J connectivity index is 1.25. The summed E-state index contributed by atoms with van der Waals surface area (Å²) in [5.74, 6) is -1.20. The van der Waals surface area contributed by atoms with Crippen molar-refractivity contribution in [3.63, 3.8) is 0 Å². The number of β-lactam (4-membered cyclic amide) rings is 1. The first-order valence-corrected chi connectivity index (χ1v) is 16.6. The molecule has 2 fully saturated rings. The second-order valence-electron chi connectivity index (χ2n) is 10.8. The molecule has 2 saturated heterocycles. The maximum Gasteiger partial charge on any atom is 0.319 e. The molecule has 3 atom stereocenters. The van der Waals surface area contributed by atoms with Crippen LogP contribution in [0.3, 0.4) is 0 Å². The fraction of sp³-hybridized carbons (Fsp3) is 0.242. The molecular weight excluding hydrogens is 639 g/mol. The van der Waals surface area contributed by atoms with Crippen molar-refractivity contribution in [3.05, 3.63) is 114 Å². The van der Waals surface area contributed by atoms with Gasteiger partial charge in [-0.05, 0) is 36.3 Å². The maximum atomic E-state index is 14.3. The van der Waals surface area contributed by atoms with Gasteiger partial charge in [0.2, 0.25) is 17.4 Å². The van der Waals surface area contributed by atoms with Crippen LogP contribution in [0.5, 0.6) is 0 Å². The molecule has 2 unspecified atom stereocenters. The predicted molar refractivity (Wildman–Crippen MR) is 179 cm³/mol. The van der Waals surface area contributed by atoms with Gasteiger partial charge in [-0.1, -0.05) is 78.0 Å². The minimum absolute atomic E-state index is 0.00573. The fourth-order valence-corrected chi connectivity index (χ4v) is 7.21. The SMILES string of the molecule is CCON=C(C(=O)NC1C(=O)N2CC(C=Cc3ccccn3)(C(=O)OC(c3ccccc3)c3ccccc3)CS[C@H]12)c1nsc(N)n1. The van der Waals surface area contributed by atoms with Gasteiger partial charge in [-0.25, -0.2) is 0 Å². The number of aromatic nitrogens is 3. The number of carbonyl (C=O) groups is 3. The molecule has 2 aliphatic heterocycles. The third-order valence-electron chi connectivity index (χ3n) is 7.64. The smallest absolute Gasteiger partial charge is 0.319 e. The van der Waals surface area contributed by atoms with Crippen molar-refractivity contribution in [1.29, 1.82) is 0 Å². The molecule has 47 heavy (non-hydrogen) atoms. The monoisotopic (exact) mass is 669 g/mol. The number of thioether (sulfide) groups is 1. The number of esters is 1. The van der Waals surface area contributed by atoms with E-state index in [0.29, 0.717) is 5.69 Å². The lowest BCUT2D eigenvalue weighted by atomic mass is 9.86. The van der Waals surface area contributed by atoms with Crippen molar-refractivity contribution in [2.24, 2.45) is 10.6 Å². The number of hydrogen-bond acceptors (Lipinski definition) is 12. The molecule has 0 spiro atoms. The van der Waals surface area contributed by atoms with Gasteiger partial charge in [-0.15, -0.1) is 11.8 Å². The molecule has 12 nitrogen and oxygen atoms in total. The molecule has 6 rings (SSSR count). The largest absolute Gasteiger partial charge is 0.452 e. The Bertz CT molecular complexity index is 1750. The topological polar surface area (TPSA) is 162 Å². The second kappa shape index (κ2) is 14.1. The number of fused-ring (bicyclic) bond motifs is 1. The molecule has 2 aromatic carbocycles. The number of oxime groups is 1. The highest BCUT2D eigenvalue weighted by atomic mass is 32.2. The van der Waals surface area contributed by atoms with Crippen molar-refractivity contribution in [1.82, 2.24) is 24.6 Å². The molecule has 2 aromatic heterocycles. The molecule has 4 heterocycles. The highest BCUT2D eigenvalue weighted by molar-refractivity contribution is 8.00. The van der Waals surface area contributed by atoms with Crippen molar-refractivity contribution in [2.75, 3.05) is 24.6 Å². The van der Waals surface area contributed by atoms with Crippen molar-refractivity contribution < 1.29 is 24.0 Å². The summed E-state index contributed by atoms with van der Waals surface area (Å²) in [4.78, 5) is 56.2. The molecule has 240 valence electrons. The summed E-state index contributed by atoms with van der Waals surface area (Å²) < 4.78 is 10.4. The number of ether oxygens (including phenoxy) is 1. The number of amides is 2. The van der Waals surface area contributed by atoms with Gasteiger partial charge in [0.15, 0.2) is 11.2 Å². The molecule has 2 aliphatic rings. The van der Waals surface area contributed by atoms with Crippen LogP contribution in [-0.2, 0) is 24.0 Å². The number of carbonyl (C=O) groups excluding carboxylic acids is 3. The molecule has 0 aliphatic carbocycles. The molecular formula is C33H31N7O5S2. The Kier molecular flexibility index (Phi) is 9.59. The van der Waals surface area contributed by atoms with Gasteiger partial charge < -0.3 is 25.5 Å². The first-order chi connectivity index (χ1) is 22.9. The lowest BCUT2D eigenvalue weighted by molar-refractivity contribution is -0.162. The third kappa shape index (κ3) is 6.88. The number of nitrogens with one attached hydrogen (secondary N) is 1. The lowest BCUT2D eigenvalue weighted by Gasteiger charge is -2.53. The number of anilines is 1. The summed E-state index contributed by atoms with van der Waals surface area (Å²) in [7, 11) is 0. The normalized spacial score (nSPS) is 20.9. The summed E-state index contributed by atoms with van der Waals surface area (Å²) in [5, 5.41) is 6.36. The first kappa shape index (κ1) is 31.9. The molecule has 0 bridgehead atoms. The third-order valence-corrected chi connectivity index (χ3v) is 9.74. The molecule has 3 N–H and O–H groups in total. The average Bonchev–Trinajstić information content (AvgIpc) is 3.55. The maximum absolute atomic E-state index is 14.3. The van der Waals surface area contributed by atoms with Gasteiger partial charge >= 0.3 is 5.97 Å². The zero-order valence-electron chi connectivity index (χ0n) is 25.3. The second-order valence-corrected chi connectivity index (χ2v) is 12.7. The van der Waals surface area contributed by atoms with E-state index in [1.54, 1.807) is 30.2 Å².